The molecule has 0 aromatic heterocycles. The van der Waals surface area contributed by atoms with Crippen molar-refractivity contribution < 1.29 is 4.74 Å². The summed E-state index contributed by atoms with van der Waals surface area (Å²) in [4.78, 5) is 0. The summed E-state index contributed by atoms with van der Waals surface area (Å²) in [5, 5.41) is 8.04. The van der Waals surface area contributed by atoms with Gasteiger partial charge in [-0.3, -0.25) is 5.41 Å². The molecule has 2 aromatic carbocycles. The summed E-state index contributed by atoms with van der Waals surface area (Å²) in [6.07, 6.45) is 0. The second-order valence-electron chi connectivity index (χ2n) is 3.82. The number of nitrogens with two attached hydrogens (primary N) is 1. The van der Waals surface area contributed by atoms with E-state index in [1.165, 1.54) is 0 Å². The highest BCUT2D eigenvalue weighted by molar-refractivity contribution is 6.31. The van der Waals surface area contributed by atoms with Crippen LogP contribution in [0.15, 0.2) is 48.5 Å². The van der Waals surface area contributed by atoms with E-state index in [1.54, 1.807) is 18.2 Å². The van der Waals surface area contributed by atoms with Crippen LogP contribution in [0.25, 0.3) is 0 Å². The van der Waals surface area contributed by atoms with Crippen molar-refractivity contribution in [2.75, 3.05) is 0 Å². The maximum absolute atomic E-state index is 7.36. The molecule has 0 heterocycles. The second kappa shape index (κ2) is 5.56. The zero-order valence-corrected chi connectivity index (χ0v) is 10.4. The van der Waals surface area contributed by atoms with Gasteiger partial charge in [0.05, 0.1) is 0 Å². The number of amidine groups is 1. The van der Waals surface area contributed by atoms with Gasteiger partial charge in [0.25, 0.3) is 0 Å². The van der Waals surface area contributed by atoms with Crippen molar-refractivity contribution in [3.05, 3.63) is 64.7 Å². The molecule has 0 aliphatic rings. The Hall–Kier alpha value is -2.00. The van der Waals surface area contributed by atoms with Crippen LogP contribution in [0.3, 0.4) is 0 Å². The summed E-state index contributed by atoms with van der Waals surface area (Å²) < 4.78 is 5.63. The molecule has 0 unspecified atom stereocenters. The average molecular weight is 261 g/mol. The molecule has 0 aliphatic carbocycles. The van der Waals surface area contributed by atoms with Crippen molar-refractivity contribution >= 4 is 17.4 Å². The average Bonchev–Trinajstić information content (AvgIpc) is 2.38. The molecule has 2 rings (SSSR count). The number of halogens is 1. The number of benzene rings is 2. The first-order valence-corrected chi connectivity index (χ1v) is 5.85. The number of hydrogen-bond donors (Lipinski definition) is 2. The molecule has 0 spiro atoms. The second-order valence-corrected chi connectivity index (χ2v) is 4.23. The predicted molar refractivity (Wildman–Crippen MR) is 73.2 cm³/mol. The third kappa shape index (κ3) is 3.02. The van der Waals surface area contributed by atoms with E-state index in [9.17, 15) is 0 Å². The molecule has 3 N–H and O–H groups in total. The lowest BCUT2D eigenvalue weighted by Crippen LogP contribution is -2.10. The Morgan fingerprint density at radius 1 is 1.17 bits per heavy atom. The molecule has 0 atom stereocenters. The largest absolute Gasteiger partial charge is 0.489 e. The van der Waals surface area contributed by atoms with Crippen LogP contribution in [-0.4, -0.2) is 5.84 Å². The van der Waals surface area contributed by atoms with Crippen molar-refractivity contribution in [3.63, 3.8) is 0 Å². The van der Waals surface area contributed by atoms with E-state index in [2.05, 4.69) is 0 Å². The van der Waals surface area contributed by atoms with Crippen molar-refractivity contribution in [2.45, 2.75) is 6.61 Å². The summed E-state index contributed by atoms with van der Waals surface area (Å²) in [5.41, 5.74) is 6.99. The molecular formula is C14H13ClN2O. The fraction of sp³-hybridized carbons (Fsp3) is 0.0714. The van der Waals surface area contributed by atoms with E-state index in [4.69, 9.17) is 27.5 Å². The first-order valence-electron chi connectivity index (χ1n) is 5.47. The molecule has 0 amide bonds. The zero-order valence-electron chi connectivity index (χ0n) is 9.69. The van der Waals surface area contributed by atoms with Crippen LogP contribution in [-0.2, 0) is 6.61 Å². The maximum Gasteiger partial charge on any atom is 0.122 e. The number of nitrogen functional groups attached to an aromatic ring is 1. The van der Waals surface area contributed by atoms with E-state index in [1.807, 2.05) is 30.3 Å². The van der Waals surface area contributed by atoms with Gasteiger partial charge in [-0.15, -0.1) is 0 Å². The topological polar surface area (TPSA) is 59.1 Å². The molecule has 3 nitrogen and oxygen atoms in total. The lowest BCUT2D eigenvalue weighted by molar-refractivity contribution is 0.306. The van der Waals surface area contributed by atoms with Crippen LogP contribution >= 0.6 is 11.6 Å². The Morgan fingerprint density at radius 3 is 2.67 bits per heavy atom. The molecule has 0 bridgehead atoms. The monoisotopic (exact) mass is 260 g/mol. The van der Waals surface area contributed by atoms with E-state index >= 15 is 0 Å². The first kappa shape index (κ1) is 12.5. The Labute approximate surface area is 111 Å². The predicted octanol–water partition coefficient (Wildman–Crippen LogP) is 3.20. The smallest absolute Gasteiger partial charge is 0.122 e. The Balaban J connectivity index is 2.09. The van der Waals surface area contributed by atoms with Crippen LogP contribution in [0.5, 0.6) is 5.75 Å². The highest BCUT2D eigenvalue weighted by Gasteiger charge is 2.02. The summed E-state index contributed by atoms with van der Waals surface area (Å²) in [5.74, 6) is 0.695. The molecule has 0 radical (unpaired) electrons. The van der Waals surface area contributed by atoms with E-state index < -0.39 is 0 Å². The fourth-order valence-electron chi connectivity index (χ4n) is 1.53. The SMILES string of the molecule is N=C(N)c1cccc(OCc2ccccc2Cl)c1. The van der Waals surface area contributed by atoms with Crippen molar-refractivity contribution in [3.8, 4) is 5.75 Å². The summed E-state index contributed by atoms with van der Waals surface area (Å²) in [6, 6.07) is 14.7. The lowest BCUT2D eigenvalue weighted by atomic mass is 10.2. The maximum atomic E-state index is 7.36. The molecular weight excluding hydrogens is 248 g/mol. The van der Waals surface area contributed by atoms with E-state index in [-0.39, 0.29) is 5.84 Å². The van der Waals surface area contributed by atoms with Gasteiger partial charge in [-0.05, 0) is 18.2 Å². The van der Waals surface area contributed by atoms with Gasteiger partial charge in [0.15, 0.2) is 0 Å². The number of hydrogen-bond acceptors (Lipinski definition) is 2. The van der Waals surface area contributed by atoms with Crippen LogP contribution in [0.2, 0.25) is 5.02 Å². The molecule has 0 aliphatic heterocycles. The van der Waals surface area contributed by atoms with Crippen molar-refractivity contribution in [2.24, 2.45) is 5.73 Å². The fourth-order valence-corrected chi connectivity index (χ4v) is 1.72. The minimum atomic E-state index is 0.0261. The quantitative estimate of drug-likeness (QED) is 0.655. The third-order valence-corrected chi connectivity index (χ3v) is 2.87. The number of rotatable bonds is 4. The van der Waals surface area contributed by atoms with Gasteiger partial charge in [-0.1, -0.05) is 41.9 Å². The number of ether oxygens (including phenoxy) is 1. The highest BCUT2D eigenvalue weighted by atomic mass is 35.5. The first-order chi connectivity index (χ1) is 8.66. The van der Waals surface area contributed by atoms with Crippen LogP contribution in [0, 0.1) is 5.41 Å². The van der Waals surface area contributed by atoms with Gasteiger partial charge in [-0.2, -0.15) is 0 Å². The van der Waals surface area contributed by atoms with Crippen LogP contribution < -0.4 is 10.5 Å². The van der Waals surface area contributed by atoms with E-state index in [0.717, 1.165) is 5.56 Å². The highest BCUT2D eigenvalue weighted by Crippen LogP contribution is 2.19. The van der Waals surface area contributed by atoms with Crippen LogP contribution in [0.1, 0.15) is 11.1 Å². The zero-order chi connectivity index (χ0) is 13.0. The number of nitrogens with one attached hydrogen (secondary N) is 1. The lowest BCUT2D eigenvalue weighted by Gasteiger charge is -2.08. The Bertz CT molecular complexity index is 569. The van der Waals surface area contributed by atoms with Crippen molar-refractivity contribution in [1.82, 2.24) is 0 Å². The van der Waals surface area contributed by atoms with Gasteiger partial charge >= 0.3 is 0 Å². The molecule has 18 heavy (non-hydrogen) atoms. The van der Waals surface area contributed by atoms with Gasteiger partial charge in [0.1, 0.15) is 18.2 Å². The Morgan fingerprint density at radius 2 is 1.94 bits per heavy atom. The summed E-state index contributed by atoms with van der Waals surface area (Å²) in [6.45, 7) is 0.390. The van der Waals surface area contributed by atoms with Crippen molar-refractivity contribution in [1.29, 1.82) is 5.41 Å². The molecule has 92 valence electrons. The Kier molecular flexibility index (Phi) is 3.85. The summed E-state index contributed by atoms with van der Waals surface area (Å²) >= 11 is 6.04. The minimum absolute atomic E-state index is 0.0261. The summed E-state index contributed by atoms with van der Waals surface area (Å²) in [7, 11) is 0. The standard InChI is InChI=1S/C14H13ClN2O/c15-13-7-2-1-4-11(13)9-18-12-6-3-5-10(8-12)14(16)17/h1-8H,9H2,(H3,16,17). The molecule has 2 aromatic rings. The molecule has 0 fully saturated rings. The van der Waals surface area contributed by atoms with Crippen LogP contribution in [0.4, 0.5) is 0 Å². The van der Waals surface area contributed by atoms with E-state index in [0.29, 0.717) is 22.9 Å². The molecule has 0 saturated heterocycles. The van der Waals surface area contributed by atoms with Gasteiger partial charge in [0, 0.05) is 16.1 Å². The van der Waals surface area contributed by atoms with Gasteiger partial charge in [0.2, 0.25) is 0 Å². The van der Waals surface area contributed by atoms with Gasteiger partial charge < -0.3 is 10.5 Å². The molecule has 0 saturated carbocycles. The molecule has 4 heteroatoms. The van der Waals surface area contributed by atoms with Gasteiger partial charge in [-0.25, -0.2) is 0 Å². The third-order valence-electron chi connectivity index (χ3n) is 2.50. The normalized spacial score (nSPS) is 10.1. The minimum Gasteiger partial charge on any atom is -0.489 e.